The fourth-order valence-electron chi connectivity index (χ4n) is 2.89. The van der Waals surface area contributed by atoms with Crippen LogP contribution >= 0.6 is 0 Å². The van der Waals surface area contributed by atoms with Gasteiger partial charge >= 0.3 is 5.97 Å². The first kappa shape index (κ1) is 18.6. The molecule has 0 fully saturated rings. The molecule has 0 aliphatic carbocycles. The van der Waals surface area contributed by atoms with Crippen molar-refractivity contribution in [2.45, 2.75) is 6.61 Å². The van der Waals surface area contributed by atoms with Crippen LogP contribution in [-0.4, -0.2) is 24.8 Å². The maximum atomic E-state index is 12.0. The van der Waals surface area contributed by atoms with Crippen LogP contribution in [0.3, 0.4) is 0 Å². The van der Waals surface area contributed by atoms with Crippen molar-refractivity contribution >= 4 is 16.7 Å². The fraction of sp³-hybridized carbons (Fsp3) is 0.130. The van der Waals surface area contributed by atoms with Gasteiger partial charge in [-0.1, -0.05) is 47.6 Å². The molecule has 1 aromatic heterocycles. The maximum Gasteiger partial charge on any atom is 0.344 e. The van der Waals surface area contributed by atoms with Crippen molar-refractivity contribution in [2.24, 2.45) is 0 Å². The Hall–Kier alpha value is -3.80. The molecule has 0 saturated carbocycles. The van der Waals surface area contributed by atoms with Gasteiger partial charge in [0.2, 0.25) is 0 Å². The third-order valence-corrected chi connectivity index (χ3v) is 4.37. The van der Waals surface area contributed by atoms with Crippen LogP contribution in [0.25, 0.3) is 22.1 Å². The van der Waals surface area contributed by atoms with Crippen LogP contribution in [0.2, 0.25) is 0 Å². The summed E-state index contributed by atoms with van der Waals surface area (Å²) in [6.07, 6.45) is 0. The maximum absolute atomic E-state index is 12.0. The molecule has 0 spiro atoms. The van der Waals surface area contributed by atoms with E-state index in [4.69, 9.17) is 18.7 Å². The number of fused-ring (bicyclic) bond motifs is 1. The minimum atomic E-state index is -0.482. The van der Waals surface area contributed by atoms with E-state index in [9.17, 15) is 4.79 Å². The average molecular weight is 389 g/mol. The zero-order valence-electron chi connectivity index (χ0n) is 15.8. The molecule has 0 atom stereocenters. The number of aromatic nitrogens is 1. The molecule has 0 aliphatic rings. The van der Waals surface area contributed by atoms with E-state index in [1.54, 1.807) is 13.2 Å². The van der Waals surface area contributed by atoms with Crippen LogP contribution in [0.15, 0.2) is 77.3 Å². The molecular formula is C23H19NO5. The lowest BCUT2D eigenvalue weighted by atomic mass is 10.1. The van der Waals surface area contributed by atoms with E-state index in [0.717, 1.165) is 22.1 Å². The van der Waals surface area contributed by atoms with Gasteiger partial charge in [-0.3, -0.25) is 0 Å². The summed E-state index contributed by atoms with van der Waals surface area (Å²) < 4.78 is 21.3. The highest BCUT2D eigenvalue weighted by atomic mass is 16.6. The zero-order valence-corrected chi connectivity index (χ0v) is 15.8. The number of carbonyl (C=O) groups is 1. The predicted molar refractivity (Wildman–Crippen MR) is 108 cm³/mol. The van der Waals surface area contributed by atoms with E-state index in [0.29, 0.717) is 17.2 Å². The predicted octanol–water partition coefficient (Wildman–Crippen LogP) is 4.63. The Bertz CT molecular complexity index is 1130. The van der Waals surface area contributed by atoms with Gasteiger partial charge < -0.3 is 18.7 Å². The third kappa shape index (κ3) is 4.55. The molecule has 0 unspecified atom stereocenters. The Morgan fingerprint density at radius 1 is 0.931 bits per heavy atom. The lowest BCUT2D eigenvalue weighted by molar-refractivity contribution is -0.147. The Labute approximate surface area is 167 Å². The number of hydrogen-bond acceptors (Lipinski definition) is 6. The summed E-state index contributed by atoms with van der Waals surface area (Å²) in [5, 5.41) is 6.10. The molecule has 4 rings (SSSR count). The van der Waals surface area contributed by atoms with Crippen molar-refractivity contribution in [2.75, 3.05) is 13.7 Å². The molecule has 0 radical (unpaired) electrons. The molecule has 0 bridgehead atoms. The van der Waals surface area contributed by atoms with Gasteiger partial charge in [0.25, 0.3) is 0 Å². The molecule has 4 aromatic rings. The first-order chi connectivity index (χ1) is 14.2. The highest BCUT2D eigenvalue weighted by Crippen LogP contribution is 2.25. The number of esters is 1. The lowest BCUT2D eigenvalue weighted by Gasteiger charge is -2.07. The van der Waals surface area contributed by atoms with Crippen molar-refractivity contribution in [1.82, 2.24) is 5.16 Å². The summed E-state index contributed by atoms with van der Waals surface area (Å²) in [6.45, 7) is -0.174. The van der Waals surface area contributed by atoms with E-state index in [-0.39, 0.29) is 13.2 Å². The second-order valence-corrected chi connectivity index (χ2v) is 6.37. The zero-order chi connectivity index (χ0) is 20.1. The van der Waals surface area contributed by atoms with Crippen LogP contribution in [0.5, 0.6) is 11.5 Å². The number of nitrogens with zero attached hydrogens (tertiary/aromatic N) is 1. The highest BCUT2D eigenvalue weighted by molar-refractivity contribution is 5.83. The number of carbonyl (C=O) groups excluding carboxylic acids is 1. The van der Waals surface area contributed by atoms with Crippen molar-refractivity contribution in [3.63, 3.8) is 0 Å². The standard InChI is InChI=1S/C23H19NO5/c1-26-20-8-4-7-18(12-20)22-13-19(24-29-22)14-28-23(25)15-27-21-10-9-16-5-2-3-6-17(16)11-21/h2-13H,14-15H2,1H3. The Kier molecular flexibility index (Phi) is 5.42. The third-order valence-electron chi connectivity index (χ3n) is 4.37. The molecule has 6 heteroatoms. The number of benzene rings is 3. The van der Waals surface area contributed by atoms with E-state index < -0.39 is 5.97 Å². The number of hydrogen-bond donors (Lipinski definition) is 0. The van der Waals surface area contributed by atoms with Crippen molar-refractivity contribution in [3.8, 4) is 22.8 Å². The molecule has 146 valence electrons. The smallest absolute Gasteiger partial charge is 0.344 e. The molecular weight excluding hydrogens is 370 g/mol. The largest absolute Gasteiger partial charge is 0.497 e. The Morgan fingerprint density at radius 3 is 2.66 bits per heavy atom. The topological polar surface area (TPSA) is 70.8 Å². The summed E-state index contributed by atoms with van der Waals surface area (Å²) in [6, 6.07) is 22.8. The molecule has 3 aromatic carbocycles. The van der Waals surface area contributed by atoms with Gasteiger partial charge in [-0.25, -0.2) is 4.79 Å². The van der Waals surface area contributed by atoms with Crippen LogP contribution in [0, 0.1) is 0 Å². The SMILES string of the molecule is COc1cccc(-c2cc(COC(=O)COc3ccc4ccccc4c3)no2)c1. The van der Waals surface area contributed by atoms with Gasteiger partial charge in [-0.2, -0.15) is 0 Å². The van der Waals surface area contributed by atoms with Gasteiger partial charge in [0.15, 0.2) is 12.4 Å². The molecule has 0 N–H and O–H groups in total. The molecule has 0 saturated heterocycles. The van der Waals surface area contributed by atoms with Crippen LogP contribution in [0.4, 0.5) is 0 Å². The van der Waals surface area contributed by atoms with Gasteiger partial charge in [0.1, 0.15) is 23.8 Å². The number of rotatable bonds is 7. The molecule has 0 aliphatic heterocycles. The second kappa shape index (κ2) is 8.48. The summed E-state index contributed by atoms with van der Waals surface area (Å²) in [5.74, 6) is 1.42. The lowest BCUT2D eigenvalue weighted by Crippen LogP contribution is -2.14. The minimum absolute atomic E-state index is 0.00732. The first-order valence-electron chi connectivity index (χ1n) is 9.08. The van der Waals surface area contributed by atoms with Gasteiger partial charge in [-0.15, -0.1) is 0 Å². The van der Waals surface area contributed by atoms with Crippen LogP contribution < -0.4 is 9.47 Å². The summed E-state index contributed by atoms with van der Waals surface area (Å²) in [4.78, 5) is 12.0. The highest BCUT2D eigenvalue weighted by Gasteiger charge is 2.11. The van der Waals surface area contributed by atoms with Gasteiger partial charge in [-0.05, 0) is 35.0 Å². The van der Waals surface area contributed by atoms with Crippen LogP contribution in [0.1, 0.15) is 5.69 Å². The average Bonchev–Trinajstić information content (AvgIpc) is 3.25. The van der Waals surface area contributed by atoms with Gasteiger partial charge in [0.05, 0.1) is 7.11 Å². The summed E-state index contributed by atoms with van der Waals surface area (Å²) >= 11 is 0. The van der Waals surface area contributed by atoms with E-state index >= 15 is 0 Å². The summed E-state index contributed by atoms with van der Waals surface area (Å²) in [7, 11) is 1.60. The molecule has 29 heavy (non-hydrogen) atoms. The first-order valence-corrected chi connectivity index (χ1v) is 9.08. The number of ether oxygens (including phenoxy) is 3. The minimum Gasteiger partial charge on any atom is -0.497 e. The second-order valence-electron chi connectivity index (χ2n) is 6.37. The molecule has 0 amide bonds. The molecule has 1 heterocycles. The van der Waals surface area contributed by atoms with E-state index in [1.165, 1.54) is 0 Å². The van der Waals surface area contributed by atoms with Gasteiger partial charge in [0, 0.05) is 11.6 Å². The fourth-order valence-corrected chi connectivity index (χ4v) is 2.89. The van der Waals surface area contributed by atoms with Crippen molar-refractivity contribution in [3.05, 3.63) is 78.5 Å². The number of methoxy groups -OCH3 is 1. The van der Waals surface area contributed by atoms with Crippen LogP contribution in [-0.2, 0) is 16.1 Å². The summed E-state index contributed by atoms with van der Waals surface area (Å²) in [5.41, 5.74) is 1.34. The van der Waals surface area contributed by atoms with E-state index in [1.807, 2.05) is 66.7 Å². The molecule has 6 nitrogen and oxygen atoms in total. The Morgan fingerprint density at radius 2 is 1.79 bits per heavy atom. The quantitative estimate of drug-likeness (QED) is 0.429. The Balaban J connectivity index is 1.31. The van der Waals surface area contributed by atoms with E-state index in [2.05, 4.69) is 5.16 Å². The normalized spacial score (nSPS) is 10.7. The monoisotopic (exact) mass is 389 g/mol. The van der Waals surface area contributed by atoms with Crippen molar-refractivity contribution < 1.29 is 23.5 Å². The van der Waals surface area contributed by atoms with Crippen molar-refractivity contribution in [1.29, 1.82) is 0 Å².